The smallest absolute Gasteiger partial charge is 0.0619 e. The first-order valence-electron chi connectivity index (χ1n) is 23.8. The Kier molecular flexibility index (Phi) is 5.36. The van der Waals surface area contributed by atoms with Gasteiger partial charge < -0.3 is 0 Å². The average Bonchev–Trinajstić information content (AvgIpc) is 3.56. The van der Waals surface area contributed by atoms with Crippen LogP contribution in [-0.4, -0.2) is 0 Å². The number of benzene rings is 12. The van der Waals surface area contributed by atoms with Crippen LogP contribution in [0.4, 0.5) is 0 Å². The second kappa shape index (κ2) is 11.9. The minimum Gasteiger partial charge on any atom is -0.0619 e. The fourth-order valence-electron chi connectivity index (χ4n) is 10.2. The van der Waals surface area contributed by atoms with Gasteiger partial charge in [-0.05, 0) is 156 Å². The van der Waals surface area contributed by atoms with Gasteiger partial charge in [0.1, 0.15) is 0 Å². The summed E-state index contributed by atoms with van der Waals surface area (Å²) in [6.07, 6.45) is 0. The summed E-state index contributed by atoms with van der Waals surface area (Å²) in [6.45, 7) is 4.37. The number of rotatable bonds is 4. The van der Waals surface area contributed by atoms with Gasteiger partial charge in [0.2, 0.25) is 0 Å². The summed E-state index contributed by atoms with van der Waals surface area (Å²) in [7, 11) is 0. The lowest BCUT2D eigenvalue weighted by molar-refractivity contribution is 0.660. The van der Waals surface area contributed by atoms with Crippen LogP contribution in [0.3, 0.4) is 0 Å². The molecule has 0 heteroatoms. The lowest BCUT2D eigenvalue weighted by atomic mass is 9.81. The molecule has 0 amide bonds. The zero-order chi connectivity index (χ0) is 45.1. The van der Waals surface area contributed by atoms with E-state index in [4.69, 9.17) is 0 Å². The zero-order valence-electron chi connectivity index (χ0n) is 39.4. The largest absolute Gasteiger partial charge is 0.0636 e. The summed E-state index contributed by atoms with van der Waals surface area (Å²) >= 11 is 0. The van der Waals surface area contributed by atoms with E-state index in [-0.39, 0.29) is 75.5 Å². The fourth-order valence-corrected chi connectivity index (χ4v) is 10.2. The second-order valence-corrected chi connectivity index (χ2v) is 16.6. The SMILES string of the molecule is [2H]c1c([2H])c(-c2ccc3ccc4cccc5ccc2c3c45)c([2H])c([2H])c1-c1c([2H])c(-c2ccc3c(c2)C(C)(C)c2ccccc2-3)c([2H])c(-c2ccc3ccc4cccc5ccc2c3c45)c1[2H]. The highest BCUT2D eigenvalue weighted by Gasteiger charge is 2.35. The molecule has 0 radical (unpaired) electrons. The Hall–Kier alpha value is -7.28. The van der Waals surface area contributed by atoms with E-state index in [9.17, 15) is 9.60 Å². The Balaban J connectivity index is 1.11. The van der Waals surface area contributed by atoms with Crippen LogP contribution in [-0.2, 0) is 5.41 Å². The molecule has 0 aromatic heterocycles. The van der Waals surface area contributed by atoms with Crippen molar-refractivity contribution >= 4 is 64.6 Å². The van der Waals surface area contributed by atoms with Crippen molar-refractivity contribution in [3.05, 3.63) is 205 Å². The molecular formula is C59H38. The first kappa shape index (κ1) is 26.6. The molecule has 59 heavy (non-hydrogen) atoms. The van der Waals surface area contributed by atoms with E-state index in [0.717, 1.165) is 81.3 Å². The van der Waals surface area contributed by atoms with Gasteiger partial charge in [-0.15, -0.1) is 0 Å². The van der Waals surface area contributed by atoms with E-state index < -0.39 is 0 Å². The van der Waals surface area contributed by atoms with Crippen LogP contribution in [0.2, 0.25) is 0 Å². The average molecular weight is 754 g/mol. The monoisotopic (exact) mass is 753 g/mol. The Morgan fingerprint density at radius 1 is 0.322 bits per heavy atom. The number of hydrogen-bond donors (Lipinski definition) is 0. The highest BCUT2D eigenvalue weighted by Crippen LogP contribution is 2.50. The van der Waals surface area contributed by atoms with E-state index in [1.54, 1.807) is 0 Å². The molecule has 0 fully saturated rings. The van der Waals surface area contributed by atoms with Crippen LogP contribution in [0.25, 0.3) is 120 Å². The van der Waals surface area contributed by atoms with Crippen molar-refractivity contribution in [1.29, 1.82) is 0 Å². The maximum absolute atomic E-state index is 10.1. The standard InChI is InChI=1S/C59H38/c1-59(2)53-12-4-3-11-49(53)50-28-25-43(34-54(50)59)45-31-44(32-46(33-45)48-27-22-42-20-18-38-8-6-10-40-24-30-52(48)58(42)56(38)40)35-13-15-36(16-14-35)47-26-21-41-19-17-37-7-5-9-39-23-29-51(47)57(41)55(37)39/h3-34H,1-2H3/i13D,14D,15D,16D,31D,32D,33D. The Morgan fingerprint density at radius 2 is 0.763 bits per heavy atom. The van der Waals surface area contributed by atoms with E-state index in [0.29, 0.717) is 16.7 Å². The summed E-state index contributed by atoms with van der Waals surface area (Å²) in [5.41, 5.74) is 6.47. The second-order valence-electron chi connectivity index (χ2n) is 16.6. The molecule has 0 aliphatic heterocycles. The van der Waals surface area contributed by atoms with Crippen LogP contribution < -0.4 is 0 Å². The third kappa shape index (κ3) is 4.66. The van der Waals surface area contributed by atoms with Gasteiger partial charge in [0, 0.05) is 5.41 Å². The summed E-state index contributed by atoms with van der Waals surface area (Å²) in [4.78, 5) is 0. The third-order valence-electron chi connectivity index (χ3n) is 13.1. The van der Waals surface area contributed by atoms with Gasteiger partial charge in [-0.2, -0.15) is 0 Å². The molecule has 1 aliphatic carbocycles. The maximum atomic E-state index is 10.1. The molecule has 0 saturated carbocycles. The topological polar surface area (TPSA) is 0 Å². The van der Waals surface area contributed by atoms with Gasteiger partial charge in [-0.25, -0.2) is 0 Å². The Labute approximate surface area is 353 Å². The van der Waals surface area contributed by atoms with Gasteiger partial charge >= 0.3 is 0 Å². The molecule has 0 unspecified atom stereocenters. The Morgan fingerprint density at radius 3 is 1.37 bits per heavy atom. The first-order valence-corrected chi connectivity index (χ1v) is 20.3. The van der Waals surface area contributed by atoms with Crippen molar-refractivity contribution in [3.8, 4) is 55.6 Å². The lowest BCUT2D eigenvalue weighted by Crippen LogP contribution is -2.14. The molecule has 0 saturated heterocycles. The minimum absolute atomic E-state index is 0.00225. The van der Waals surface area contributed by atoms with E-state index >= 15 is 0 Å². The van der Waals surface area contributed by atoms with Crippen LogP contribution in [0.5, 0.6) is 0 Å². The van der Waals surface area contributed by atoms with Gasteiger partial charge in [0.25, 0.3) is 0 Å². The molecule has 12 aromatic carbocycles. The van der Waals surface area contributed by atoms with Crippen molar-refractivity contribution < 1.29 is 9.60 Å². The molecular weight excluding hydrogens is 709 g/mol. The summed E-state index contributed by atoms with van der Waals surface area (Å²) < 4.78 is 69.2. The third-order valence-corrected chi connectivity index (χ3v) is 13.1. The van der Waals surface area contributed by atoms with Crippen molar-refractivity contribution in [3.63, 3.8) is 0 Å². The van der Waals surface area contributed by atoms with Gasteiger partial charge in [0.15, 0.2) is 0 Å². The van der Waals surface area contributed by atoms with Gasteiger partial charge in [0.05, 0.1) is 9.60 Å². The van der Waals surface area contributed by atoms with E-state index in [1.165, 1.54) is 5.56 Å². The fraction of sp³-hybridized carbons (Fsp3) is 0.0508. The van der Waals surface area contributed by atoms with Crippen molar-refractivity contribution in [2.24, 2.45) is 0 Å². The summed E-state index contributed by atoms with van der Waals surface area (Å²) in [5, 5.41) is 12.2. The quantitative estimate of drug-likeness (QED) is 0.157. The molecule has 0 bridgehead atoms. The van der Waals surface area contributed by atoms with Crippen LogP contribution in [0.15, 0.2) is 194 Å². The molecule has 12 aromatic rings. The van der Waals surface area contributed by atoms with Gasteiger partial charge in [-0.3, -0.25) is 0 Å². The van der Waals surface area contributed by atoms with Crippen LogP contribution in [0.1, 0.15) is 34.6 Å². The normalized spacial score (nSPS) is 15.1. The summed E-state index contributed by atoms with van der Waals surface area (Å²) in [5.74, 6) is 0. The lowest BCUT2D eigenvalue weighted by Gasteiger charge is -2.22. The number of hydrogen-bond acceptors (Lipinski definition) is 0. The highest BCUT2D eigenvalue weighted by molar-refractivity contribution is 6.26. The molecule has 1 aliphatic rings. The molecule has 0 N–H and O–H groups in total. The van der Waals surface area contributed by atoms with Crippen molar-refractivity contribution in [2.45, 2.75) is 19.3 Å². The Bertz CT molecular complexity index is 4050. The van der Waals surface area contributed by atoms with Crippen LogP contribution in [0, 0.1) is 0 Å². The van der Waals surface area contributed by atoms with Gasteiger partial charge in [-0.1, -0.05) is 184 Å². The molecule has 0 heterocycles. The molecule has 274 valence electrons. The van der Waals surface area contributed by atoms with Crippen molar-refractivity contribution in [2.75, 3.05) is 0 Å². The predicted octanol–water partition coefficient (Wildman–Crippen LogP) is 16.5. The van der Waals surface area contributed by atoms with Crippen molar-refractivity contribution in [1.82, 2.24) is 0 Å². The number of fused-ring (bicyclic) bond motifs is 3. The van der Waals surface area contributed by atoms with E-state index in [1.807, 2.05) is 72.8 Å². The predicted molar refractivity (Wildman–Crippen MR) is 253 cm³/mol. The van der Waals surface area contributed by atoms with E-state index in [2.05, 4.69) is 92.7 Å². The minimum atomic E-state index is -0.372. The first-order chi connectivity index (χ1) is 31.9. The molecule has 0 atom stereocenters. The highest BCUT2D eigenvalue weighted by atomic mass is 14.4. The molecule has 0 nitrogen and oxygen atoms in total. The maximum Gasteiger partial charge on any atom is 0.0636 e. The zero-order valence-corrected chi connectivity index (χ0v) is 32.4. The molecule has 0 spiro atoms. The molecule has 13 rings (SSSR count). The van der Waals surface area contributed by atoms with Crippen LogP contribution >= 0.6 is 0 Å². The summed E-state index contributed by atoms with van der Waals surface area (Å²) in [6, 6.07) is 49.6.